The van der Waals surface area contributed by atoms with Gasteiger partial charge in [0, 0.05) is 11.5 Å². The van der Waals surface area contributed by atoms with Gasteiger partial charge in [-0.3, -0.25) is 19.3 Å². The third-order valence-corrected chi connectivity index (χ3v) is 5.54. The molecule has 2 aromatic heterocycles. The fourth-order valence-corrected chi connectivity index (χ4v) is 4.01. The molecule has 1 saturated heterocycles. The van der Waals surface area contributed by atoms with E-state index in [4.69, 9.17) is 8.94 Å². The van der Waals surface area contributed by atoms with Crippen molar-refractivity contribution in [3.05, 3.63) is 83.3 Å². The molecule has 5 rings (SSSR count). The zero-order valence-electron chi connectivity index (χ0n) is 16.9. The molecule has 2 aromatic carbocycles. The number of hydrogen-bond acceptors (Lipinski definition) is 6. The highest BCUT2D eigenvalue weighted by molar-refractivity contribution is 6.48. The van der Waals surface area contributed by atoms with E-state index in [2.05, 4.69) is 5.16 Å². The molecular weight excluding hydrogens is 396 g/mol. The van der Waals surface area contributed by atoms with E-state index >= 15 is 0 Å². The topological polar surface area (TPSA) is 93.6 Å². The molecule has 1 aliphatic heterocycles. The predicted molar refractivity (Wildman–Crippen MR) is 112 cm³/mol. The van der Waals surface area contributed by atoms with Gasteiger partial charge in [0.1, 0.15) is 17.3 Å². The molecule has 4 aromatic rings. The van der Waals surface area contributed by atoms with Crippen LogP contribution in [0, 0.1) is 19.8 Å². The van der Waals surface area contributed by atoms with Crippen molar-refractivity contribution in [2.45, 2.75) is 19.9 Å². The molecule has 0 saturated carbocycles. The number of amides is 1. The van der Waals surface area contributed by atoms with Crippen LogP contribution in [-0.4, -0.2) is 22.6 Å². The number of anilines is 1. The largest absolute Gasteiger partial charge is 0.453 e. The maximum Gasteiger partial charge on any atom is 0.297 e. The van der Waals surface area contributed by atoms with Gasteiger partial charge < -0.3 is 8.94 Å². The van der Waals surface area contributed by atoms with Gasteiger partial charge in [-0.15, -0.1) is 0 Å². The van der Waals surface area contributed by atoms with Crippen molar-refractivity contribution in [3.8, 4) is 0 Å². The highest BCUT2D eigenvalue weighted by Gasteiger charge is 2.53. The van der Waals surface area contributed by atoms with Crippen molar-refractivity contribution in [2.24, 2.45) is 5.92 Å². The van der Waals surface area contributed by atoms with Crippen molar-refractivity contribution >= 4 is 34.3 Å². The minimum Gasteiger partial charge on any atom is -0.453 e. The first-order chi connectivity index (χ1) is 14.9. The molecule has 2 unspecified atom stereocenters. The van der Waals surface area contributed by atoms with Crippen molar-refractivity contribution < 1.29 is 23.3 Å². The summed E-state index contributed by atoms with van der Waals surface area (Å²) in [5.41, 5.74) is 2.21. The van der Waals surface area contributed by atoms with Crippen molar-refractivity contribution in [1.29, 1.82) is 0 Å². The molecule has 154 valence electrons. The van der Waals surface area contributed by atoms with Crippen LogP contribution in [0.3, 0.4) is 0 Å². The van der Waals surface area contributed by atoms with Gasteiger partial charge in [0.2, 0.25) is 11.6 Å². The number of carbonyl (C=O) groups is 3. The number of Topliss-reactive ketones (excluding diaryl/α,β-unsaturated/α-hetero) is 2. The summed E-state index contributed by atoms with van der Waals surface area (Å²) >= 11 is 0. The first kappa shape index (κ1) is 19.0. The number of nitrogens with zero attached hydrogens (tertiary/aromatic N) is 2. The molecule has 1 aliphatic rings. The lowest BCUT2D eigenvalue weighted by Gasteiger charge is -2.24. The standard InChI is InChI=1S/C24H18N2O5/c1-13-7-9-15(10-8-13)21-20(22(27)18-12-16-5-3-4-6-17(16)30-18)23(28)24(29)26(21)19-11-14(2)31-25-19/h3-12,20-21H,1-2H3. The monoisotopic (exact) mass is 414 g/mol. The number of fused-ring (bicyclic) bond motifs is 1. The molecule has 1 fully saturated rings. The van der Waals surface area contributed by atoms with Crippen LogP contribution in [0.15, 0.2) is 69.6 Å². The van der Waals surface area contributed by atoms with Crippen molar-refractivity contribution in [2.75, 3.05) is 4.90 Å². The van der Waals surface area contributed by atoms with Crippen molar-refractivity contribution in [3.63, 3.8) is 0 Å². The lowest BCUT2D eigenvalue weighted by molar-refractivity contribution is -0.135. The Morgan fingerprint density at radius 3 is 2.42 bits per heavy atom. The van der Waals surface area contributed by atoms with Gasteiger partial charge in [0.05, 0.1) is 6.04 Å². The number of ketones is 2. The van der Waals surface area contributed by atoms with Gasteiger partial charge >= 0.3 is 0 Å². The summed E-state index contributed by atoms with van der Waals surface area (Å²) in [7, 11) is 0. The van der Waals surface area contributed by atoms with Crippen LogP contribution in [0.4, 0.5) is 5.82 Å². The van der Waals surface area contributed by atoms with Crippen LogP contribution in [0.5, 0.6) is 0 Å². The number of hydrogen-bond donors (Lipinski definition) is 0. The zero-order valence-corrected chi connectivity index (χ0v) is 16.9. The Kier molecular flexibility index (Phi) is 4.32. The molecule has 3 heterocycles. The molecule has 0 aliphatic carbocycles. The SMILES string of the molecule is Cc1ccc(C2C(C(=O)c3cc4ccccc4o3)C(=O)C(=O)N2c2cc(C)on2)cc1. The summed E-state index contributed by atoms with van der Waals surface area (Å²) in [6.45, 7) is 3.63. The smallest absolute Gasteiger partial charge is 0.297 e. The van der Waals surface area contributed by atoms with E-state index in [1.54, 1.807) is 31.2 Å². The normalized spacial score (nSPS) is 18.8. The van der Waals surface area contributed by atoms with Crippen LogP contribution < -0.4 is 4.90 Å². The fourth-order valence-electron chi connectivity index (χ4n) is 4.01. The van der Waals surface area contributed by atoms with E-state index in [1.165, 1.54) is 4.90 Å². The Hall–Kier alpha value is -4.00. The number of furan rings is 1. The molecular formula is C24H18N2O5. The Labute approximate surface area is 177 Å². The average Bonchev–Trinajstić information content (AvgIpc) is 3.45. The predicted octanol–water partition coefficient (Wildman–Crippen LogP) is 4.19. The van der Waals surface area contributed by atoms with Gasteiger partial charge in [0.25, 0.3) is 5.91 Å². The van der Waals surface area contributed by atoms with E-state index in [0.29, 0.717) is 16.9 Å². The molecule has 1 amide bonds. The van der Waals surface area contributed by atoms with Gasteiger partial charge in [-0.25, -0.2) is 0 Å². The van der Waals surface area contributed by atoms with Crippen molar-refractivity contribution in [1.82, 2.24) is 5.16 Å². The van der Waals surface area contributed by atoms with Crippen LogP contribution in [0.25, 0.3) is 11.0 Å². The highest BCUT2D eigenvalue weighted by atomic mass is 16.5. The highest BCUT2D eigenvalue weighted by Crippen LogP contribution is 2.41. The van der Waals surface area contributed by atoms with E-state index in [-0.39, 0.29) is 11.6 Å². The molecule has 7 nitrogen and oxygen atoms in total. The van der Waals surface area contributed by atoms with E-state index in [1.807, 2.05) is 43.3 Å². The molecule has 0 N–H and O–H groups in total. The van der Waals surface area contributed by atoms with Crippen LogP contribution in [0.1, 0.15) is 33.5 Å². The number of rotatable bonds is 4. The van der Waals surface area contributed by atoms with E-state index < -0.39 is 29.4 Å². The van der Waals surface area contributed by atoms with E-state index in [9.17, 15) is 14.4 Å². The Balaban J connectivity index is 1.64. The minimum atomic E-state index is -1.26. The van der Waals surface area contributed by atoms with Crippen LogP contribution in [-0.2, 0) is 9.59 Å². The lowest BCUT2D eigenvalue weighted by atomic mass is 9.88. The second kappa shape index (κ2) is 7.05. The number of carbonyl (C=O) groups excluding carboxylic acids is 3. The summed E-state index contributed by atoms with van der Waals surface area (Å²) in [6.07, 6.45) is 0. The van der Waals surface area contributed by atoms with Crippen LogP contribution in [0.2, 0.25) is 0 Å². The first-order valence-electron chi connectivity index (χ1n) is 9.84. The Bertz CT molecular complexity index is 1300. The van der Waals surface area contributed by atoms with Gasteiger partial charge in [-0.05, 0) is 31.5 Å². The van der Waals surface area contributed by atoms with Crippen LogP contribution >= 0.6 is 0 Å². The van der Waals surface area contributed by atoms with Gasteiger partial charge in [-0.1, -0.05) is 53.2 Å². The molecule has 2 atom stereocenters. The number of benzene rings is 2. The second-order valence-corrected chi connectivity index (χ2v) is 7.68. The summed E-state index contributed by atoms with van der Waals surface area (Å²) in [5, 5.41) is 4.67. The average molecular weight is 414 g/mol. The molecule has 0 radical (unpaired) electrons. The second-order valence-electron chi connectivity index (χ2n) is 7.68. The maximum absolute atomic E-state index is 13.5. The molecule has 7 heteroatoms. The zero-order chi connectivity index (χ0) is 21.7. The quantitative estimate of drug-likeness (QED) is 0.282. The summed E-state index contributed by atoms with van der Waals surface area (Å²) in [6, 6.07) is 16.9. The van der Waals surface area contributed by atoms with E-state index in [0.717, 1.165) is 10.9 Å². The molecule has 0 bridgehead atoms. The third kappa shape index (κ3) is 3.06. The minimum absolute atomic E-state index is 0.0441. The Morgan fingerprint density at radius 2 is 1.74 bits per heavy atom. The summed E-state index contributed by atoms with van der Waals surface area (Å²) in [5.74, 6) is -2.66. The number of para-hydroxylation sites is 1. The number of aromatic nitrogens is 1. The maximum atomic E-state index is 13.5. The summed E-state index contributed by atoms with van der Waals surface area (Å²) in [4.78, 5) is 40.8. The first-order valence-corrected chi connectivity index (χ1v) is 9.84. The fraction of sp³-hybridized carbons (Fsp3) is 0.167. The van der Waals surface area contributed by atoms with Gasteiger partial charge in [-0.2, -0.15) is 0 Å². The Morgan fingerprint density at radius 1 is 1.00 bits per heavy atom. The third-order valence-electron chi connectivity index (χ3n) is 5.54. The van der Waals surface area contributed by atoms with Gasteiger partial charge in [0.15, 0.2) is 11.6 Å². The molecule has 0 spiro atoms. The molecule has 31 heavy (non-hydrogen) atoms. The summed E-state index contributed by atoms with van der Waals surface area (Å²) < 4.78 is 10.8. The number of aryl methyl sites for hydroxylation is 2. The lowest BCUT2D eigenvalue weighted by Crippen LogP contribution is -2.30.